The van der Waals surface area contributed by atoms with Crippen LogP contribution < -0.4 is 5.73 Å². The molecule has 9 heteroatoms. The predicted molar refractivity (Wildman–Crippen MR) is 104 cm³/mol. The Labute approximate surface area is 165 Å². The predicted octanol–water partition coefficient (Wildman–Crippen LogP) is 1.69. The van der Waals surface area contributed by atoms with Crippen LogP contribution >= 0.6 is 15.9 Å². The van der Waals surface area contributed by atoms with Crippen molar-refractivity contribution in [3.05, 3.63) is 64.1 Å². The molecule has 142 valence electrons. The average molecular weight is 452 g/mol. The van der Waals surface area contributed by atoms with Gasteiger partial charge >= 0.3 is 0 Å². The first-order valence-corrected chi connectivity index (χ1v) is 10.5. The number of carbonyl (C=O) groups is 2. The number of nitrogens with two attached hydrogens (primary N) is 1. The summed E-state index contributed by atoms with van der Waals surface area (Å²) in [6.45, 7) is 1.02. The van der Waals surface area contributed by atoms with Crippen molar-refractivity contribution >= 4 is 37.8 Å². The molecule has 0 radical (unpaired) electrons. The quantitative estimate of drug-likeness (QED) is 0.763. The molecule has 1 fully saturated rings. The van der Waals surface area contributed by atoms with Gasteiger partial charge in [0.1, 0.15) is 0 Å². The van der Waals surface area contributed by atoms with Gasteiger partial charge in [-0.1, -0.05) is 12.1 Å². The molecule has 2 N–H and O–H groups in total. The van der Waals surface area contributed by atoms with E-state index in [9.17, 15) is 18.0 Å². The van der Waals surface area contributed by atoms with Gasteiger partial charge in [0, 0.05) is 36.2 Å². The van der Waals surface area contributed by atoms with Crippen LogP contribution in [0.1, 0.15) is 20.7 Å². The first-order chi connectivity index (χ1) is 12.8. The summed E-state index contributed by atoms with van der Waals surface area (Å²) in [6, 6.07) is 12.7. The maximum atomic E-state index is 12.8. The highest BCUT2D eigenvalue weighted by Gasteiger charge is 2.30. The average Bonchev–Trinajstić information content (AvgIpc) is 2.68. The van der Waals surface area contributed by atoms with E-state index in [-0.39, 0.29) is 29.5 Å². The molecule has 0 saturated carbocycles. The molecule has 2 aromatic rings. The fraction of sp³-hybridized carbons (Fsp3) is 0.222. The van der Waals surface area contributed by atoms with Crippen LogP contribution in [0.4, 0.5) is 0 Å². The number of piperazine rings is 1. The second kappa shape index (κ2) is 7.79. The van der Waals surface area contributed by atoms with E-state index in [1.165, 1.54) is 28.6 Å². The fourth-order valence-corrected chi connectivity index (χ4v) is 4.75. The molecule has 0 unspecified atom stereocenters. The van der Waals surface area contributed by atoms with Crippen molar-refractivity contribution in [2.24, 2.45) is 5.73 Å². The summed E-state index contributed by atoms with van der Waals surface area (Å²) in [7, 11) is -3.69. The molecule has 1 aliphatic heterocycles. The Bertz CT molecular complexity index is 968. The lowest BCUT2D eigenvalue weighted by molar-refractivity contribution is 0.0697. The number of primary amides is 1. The normalized spacial score (nSPS) is 15.5. The molecule has 2 aromatic carbocycles. The van der Waals surface area contributed by atoms with Gasteiger partial charge in [-0.2, -0.15) is 4.31 Å². The van der Waals surface area contributed by atoms with Crippen molar-refractivity contribution in [1.82, 2.24) is 9.21 Å². The number of hydrogen-bond acceptors (Lipinski definition) is 4. The minimum absolute atomic E-state index is 0.0954. The van der Waals surface area contributed by atoms with Crippen LogP contribution in [0, 0.1) is 0 Å². The number of halogens is 1. The molecule has 0 atom stereocenters. The van der Waals surface area contributed by atoms with Crippen molar-refractivity contribution < 1.29 is 18.0 Å². The summed E-state index contributed by atoms with van der Waals surface area (Å²) in [5.74, 6) is -0.747. The van der Waals surface area contributed by atoms with E-state index in [0.717, 1.165) is 0 Å². The van der Waals surface area contributed by atoms with E-state index >= 15 is 0 Å². The third kappa shape index (κ3) is 4.05. The smallest absolute Gasteiger partial charge is 0.255 e. The maximum absolute atomic E-state index is 12.8. The van der Waals surface area contributed by atoms with Crippen LogP contribution in [0.15, 0.2) is 57.9 Å². The zero-order valence-electron chi connectivity index (χ0n) is 14.3. The van der Waals surface area contributed by atoms with E-state index in [4.69, 9.17) is 5.73 Å². The van der Waals surface area contributed by atoms with Crippen molar-refractivity contribution in [3.8, 4) is 0 Å². The summed E-state index contributed by atoms with van der Waals surface area (Å²) in [5, 5.41) is 0. The molecule has 1 heterocycles. The molecule has 27 heavy (non-hydrogen) atoms. The van der Waals surface area contributed by atoms with Gasteiger partial charge < -0.3 is 10.6 Å². The first kappa shape index (κ1) is 19.5. The number of amides is 2. The standard InChI is InChI=1S/C18H18BrN3O4S/c19-16-4-2-1-3-15(16)18(24)21-9-11-22(12-10-21)27(25,26)14-7-5-13(6-8-14)17(20)23/h1-8H,9-12H2,(H2,20,23). The van der Waals surface area contributed by atoms with Gasteiger partial charge in [0.25, 0.3) is 5.91 Å². The zero-order valence-corrected chi connectivity index (χ0v) is 16.7. The van der Waals surface area contributed by atoms with Gasteiger partial charge in [0.05, 0.1) is 10.5 Å². The number of nitrogens with zero attached hydrogens (tertiary/aromatic N) is 2. The summed E-state index contributed by atoms with van der Waals surface area (Å²) in [6.07, 6.45) is 0. The highest BCUT2D eigenvalue weighted by Crippen LogP contribution is 2.21. The summed E-state index contributed by atoms with van der Waals surface area (Å²) >= 11 is 3.37. The fourth-order valence-electron chi connectivity index (χ4n) is 2.88. The highest BCUT2D eigenvalue weighted by atomic mass is 79.9. The second-order valence-electron chi connectivity index (χ2n) is 6.06. The lowest BCUT2D eigenvalue weighted by Crippen LogP contribution is -2.50. The van der Waals surface area contributed by atoms with Crippen molar-refractivity contribution in [1.29, 1.82) is 0 Å². The molecule has 0 bridgehead atoms. The SMILES string of the molecule is NC(=O)c1ccc(S(=O)(=O)N2CCN(C(=O)c3ccccc3Br)CC2)cc1. The minimum Gasteiger partial charge on any atom is -0.366 e. The van der Waals surface area contributed by atoms with Crippen LogP contribution in [0.3, 0.4) is 0 Å². The van der Waals surface area contributed by atoms with E-state index in [1.807, 2.05) is 6.07 Å². The molecule has 1 saturated heterocycles. The number of sulfonamides is 1. The topological polar surface area (TPSA) is 101 Å². The van der Waals surface area contributed by atoms with E-state index in [1.54, 1.807) is 23.1 Å². The second-order valence-corrected chi connectivity index (χ2v) is 8.86. The first-order valence-electron chi connectivity index (χ1n) is 8.24. The van der Waals surface area contributed by atoms with Gasteiger partial charge in [0.15, 0.2) is 0 Å². The Kier molecular flexibility index (Phi) is 5.64. The lowest BCUT2D eigenvalue weighted by Gasteiger charge is -2.34. The Hall–Kier alpha value is -2.23. The molecule has 2 amide bonds. The van der Waals surface area contributed by atoms with Crippen LogP contribution in [0.2, 0.25) is 0 Å². The molecule has 0 spiro atoms. The van der Waals surface area contributed by atoms with Gasteiger partial charge in [-0.25, -0.2) is 8.42 Å². The minimum atomic E-state index is -3.69. The summed E-state index contributed by atoms with van der Waals surface area (Å²) < 4.78 is 27.6. The summed E-state index contributed by atoms with van der Waals surface area (Å²) in [5.41, 5.74) is 5.98. The van der Waals surface area contributed by atoms with E-state index < -0.39 is 15.9 Å². The molecular weight excluding hydrogens is 434 g/mol. The molecule has 1 aliphatic rings. The van der Waals surface area contributed by atoms with Gasteiger partial charge in [0.2, 0.25) is 15.9 Å². The molecular formula is C18H18BrN3O4S. The summed E-state index contributed by atoms with van der Waals surface area (Å²) in [4.78, 5) is 25.5. The van der Waals surface area contributed by atoms with Crippen molar-refractivity contribution in [2.75, 3.05) is 26.2 Å². The molecule has 3 rings (SSSR count). The molecule has 7 nitrogen and oxygen atoms in total. The van der Waals surface area contributed by atoms with Gasteiger partial charge in [-0.15, -0.1) is 0 Å². The number of benzene rings is 2. The third-order valence-electron chi connectivity index (χ3n) is 4.41. The monoisotopic (exact) mass is 451 g/mol. The lowest BCUT2D eigenvalue weighted by atomic mass is 10.2. The van der Waals surface area contributed by atoms with Gasteiger partial charge in [-0.3, -0.25) is 9.59 Å². The van der Waals surface area contributed by atoms with Crippen LogP contribution in [-0.2, 0) is 10.0 Å². The van der Waals surface area contributed by atoms with E-state index in [0.29, 0.717) is 23.1 Å². The Morgan fingerprint density at radius 1 is 0.926 bits per heavy atom. The van der Waals surface area contributed by atoms with Gasteiger partial charge in [-0.05, 0) is 52.3 Å². The molecule has 0 aliphatic carbocycles. The van der Waals surface area contributed by atoms with Crippen LogP contribution in [0.25, 0.3) is 0 Å². The zero-order chi connectivity index (χ0) is 19.6. The third-order valence-corrected chi connectivity index (χ3v) is 7.01. The van der Waals surface area contributed by atoms with Crippen molar-refractivity contribution in [2.45, 2.75) is 4.90 Å². The largest absolute Gasteiger partial charge is 0.366 e. The maximum Gasteiger partial charge on any atom is 0.255 e. The Balaban J connectivity index is 1.70. The van der Waals surface area contributed by atoms with Crippen molar-refractivity contribution in [3.63, 3.8) is 0 Å². The number of rotatable bonds is 4. The van der Waals surface area contributed by atoms with Crippen LogP contribution in [-0.4, -0.2) is 55.6 Å². The number of carbonyl (C=O) groups excluding carboxylic acids is 2. The Morgan fingerprint density at radius 2 is 1.52 bits per heavy atom. The van der Waals surface area contributed by atoms with Crippen LogP contribution in [0.5, 0.6) is 0 Å². The molecule has 0 aromatic heterocycles. The van der Waals surface area contributed by atoms with E-state index in [2.05, 4.69) is 15.9 Å². The highest BCUT2D eigenvalue weighted by molar-refractivity contribution is 9.10. The number of hydrogen-bond donors (Lipinski definition) is 1. The Morgan fingerprint density at radius 3 is 2.07 bits per heavy atom.